The normalized spacial score (nSPS) is 17.0. The first-order chi connectivity index (χ1) is 9.78. The number of thiazole rings is 1. The first-order valence-electron chi connectivity index (χ1n) is 6.88. The zero-order chi connectivity index (χ0) is 13.8. The summed E-state index contributed by atoms with van der Waals surface area (Å²) in [6.07, 6.45) is 9.91. The summed E-state index contributed by atoms with van der Waals surface area (Å²) in [4.78, 5) is 20.8. The van der Waals surface area contributed by atoms with E-state index in [2.05, 4.69) is 15.3 Å². The maximum absolute atomic E-state index is 12.3. The molecule has 0 unspecified atom stereocenters. The summed E-state index contributed by atoms with van der Waals surface area (Å²) in [6, 6.07) is 3.78. The Bertz CT molecular complexity index is 562. The fourth-order valence-corrected chi connectivity index (χ4v) is 3.68. The molecule has 0 atom stereocenters. The minimum absolute atomic E-state index is 0.0510. The van der Waals surface area contributed by atoms with Gasteiger partial charge in [0.1, 0.15) is 5.01 Å². The Morgan fingerprint density at radius 2 is 2.20 bits per heavy atom. The fourth-order valence-electron chi connectivity index (χ4n) is 2.83. The van der Waals surface area contributed by atoms with Crippen LogP contribution in [0.4, 0.5) is 0 Å². The van der Waals surface area contributed by atoms with E-state index in [1.54, 1.807) is 23.7 Å². The van der Waals surface area contributed by atoms with Gasteiger partial charge in [-0.25, -0.2) is 4.98 Å². The van der Waals surface area contributed by atoms with Gasteiger partial charge in [0.05, 0.1) is 12.0 Å². The Labute approximate surface area is 122 Å². The summed E-state index contributed by atoms with van der Waals surface area (Å²) in [7, 11) is 0. The number of carbonyl (C=O) groups is 1. The highest BCUT2D eigenvalue weighted by molar-refractivity contribution is 7.09. The van der Waals surface area contributed by atoms with Crippen molar-refractivity contribution in [2.75, 3.05) is 0 Å². The van der Waals surface area contributed by atoms with Crippen LogP contribution in [0.25, 0.3) is 0 Å². The number of rotatable bonds is 4. The molecule has 1 aliphatic carbocycles. The predicted molar refractivity (Wildman–Crippen MR) is 78.3 cm³/mol. The maximum atomic E-state index is 12.3. The van der Waals surface area contributed by atoms with Crippen LogP contribution in [-0.4, -0.2) is 15.9 Å². The molecule has 0 bridgehead atoms. The zero-order valence-electron chi connectivity index (χ0n) is 11.2. The minimum Gasteiger partial charge on any atom is -0.344 e. The second-order valence-corrected chi connectivity index (χ2v) is 6.11. The first kappa shape index (κ1) is 13.2. The molecular weight excluding hydrogens is 270 g/mol. The van der Waals surface area contributed by atoms with Gasteiger partial charge in [0.25, 0.3) is 0 Å². The Hall–Kier alpha value is -1.75. The fraction of sp³-hybridized carbons (Fsp3) is 0.400. The number of aromatic nitrogens is 2. The van der Waals surface area contributed by atoms with E-state index in [1.165, 1.54) is 0 Å². The van der Waals surface area contributed by atoms with Crippen LogP contribution in [0.1, 0.15) is 36.3 Å². The lowest BCUT2D eigenvalue weighted by atomic mass is 9.98. The molecule has 0 aromatic carbocycles. The molecule has 0 radical (unpaired) electrons. The largest absolute Gasteiger partial charge is 0.344 e. The van der Waals surface area contributed by atoms with E-state index < -0.39 is 0 Å². The average Bonchev–Trinajstić information content (AvgIpc) is 3.10. The van der Waals surface area contributed by atoms with Crippen molar-refractivity contribution in [2.24, 2.45) is 0 Å². The molecule has 2 heterocycles. The number of hydrogen-bond acceptors (Lipinski definition) is 4. The Kier molecular flexibility index (Phi) is 3.78. The molecule has 1 amide bonds. The lowest BCUT2D eigenvalue weighted by molar-refractivity contribution is -0.122. The molecule has 2 aromatic rings. The molecule has 0 spiro atoms. The standard InChI is InChI=1S/C15H17N3OS/c19-13(10-12-4-3-7-16-11-12)18-15(5-1-2-6-15)14-17-8-9-20-14/h3-4,7-9,11H,1-2,5-6,10H2,(H,18,19). The van der Waals surface area contributed by atoms with Gasteiger partial charge in [-0.05, 0) is 24.5 Å². The second-order valence-electron chi connectivity index (χ2n) is 5.21. The van der Waals surface area contributed by atoms with Crippen molar-refractivity contribution in [3.05, 3.63) is 46.7 Å². The Balaban J connectivity index is 1.73. The van der Waals surface area contributed by atoms with Crippen LogP contribution in [-0.2, 0) is 16.8 Å². The summed E-state index contributed by atoms with van der Waals surface area (Å²) in [6.45, 7) is 0. The third-order valence-electron chi connectivity index (χ3n) is 3.76. The van der Waals surface area contributed by atoms with Gasteiger partial charge in [0.15, 0.2) is 0 Å². The van der Waals surface area contributed by atoms with E-state index in [-0.39, 0.29) is 11.4 Å². The van der Waals surface area contributed by atoms with Crippen LogP contribution in [0.2, 0.25) is 0 Å². The molecule has 4 nitrogen and oxygen atoms in total. The van der Waals surface area contributed by atoms with E-state index in [1.807, 2.05) is 23.7 Å². The number of nitrogens with one attached hydrogen (secondary N) is 1. The third-order valence-corrected chi connectivity index (χ3v) is 4.74. The van der Waals surface area contributed by atoms with Crippen molar-refractivity contribution in [3.63, 3.8) is 0 Å². The van der Waals surface area contributed by atoms with E-state index in [0.717, 1.165) is 36.3 Å². The van der Waals surface area contributed by atoms with Gasteiger partial charge in [-0.3, -0.25) is 9.78 Å². The van der Waals surface area contributed by atoms with Gasteiger partial charge in [-0.2, -0.15) is 0 Å². The van der Waals surface area contributed by atoms with E-state index in [0.29, 0.717) is 6.42 Å². The van der Waals surface area contributed by atoms with Crippen molar-refractivity contribution < 1.29 is 4.79 Å². The summed E-state index contributed by atoms with van der Waals surface area (Å²) < 4.78 is 0. The number of amides is 1. The van der Waals surface area contributed by atoms with Crippen molar-refractivity contribution in [2.45, 2.75) is 37.6 Å². The van der Waals surface area contributed by atoms with Gasteiger partial charge in [-0.15, -0.1) is 11.3 Å². The van der Waals surface area contributed by atoms with Crippen LogP contribution < -0.4 is 5.32 Å². The van der Waals surface area contributed by atoms with Crippen LogP contribution >= 0.6 is 11.3 Å². The number of hydrogen-bond donors (Lipinski definition) is 1. The van der Waals surface area contributed by atoms with E-state index in [4.69, 9.17) is 0 Å². The van der Waals surface area contributed by atoms with Crippen molar-refractivity contribution in [1.29, 1.82) is 0 Å². The van der Waals surface area contributed by atoms with Gasteiger partial charge in [0, 0.05) is 24.0 Å². The van der Waals surface area contributed by atoms with Gasteiger partial charge < -0.3 is 5.32 Å². The molecule has 1 saturated carbocycles. The monoisotopic (exact) mass is 287 g/mol. The molecule has 20 heavy (non-hydrogen) atoms. The minimum atomic E-state index is -0.243. The molecule has 5 heteroatoms. The summed E-state index contributed by atoms with van der Waals surface area (Å²) >= 11 is 1.63. The molecule has 1 aliphatic rings. The molecule has 0 aliphatic heterocycles. The lowest BCUT2D eigenvalue weighted by Gasteiger charge is -2.28. The molecule has 3 rings (SSSR count). The van der Waals surface area contributed by atoms with Gasteiger partial charge in [0.2, 0.25) is 5.91 Å². The predicted octanol–water partition coefficient (Wildman–Crippen LogP) is 2.67. The number of carbonyl (C=O) groups excluding carboxylic acids is 1. The summed E-state index contributed by atoms with van der Waals surface area (Å²) in [5.41, 5.74) is 0.699. The van der Waals surface area contributed by atoms with Crippen molar-refractivity contribution in [1.82, 2.24) is 15.3 Å². The highest BCUT2D eigenvalue weighted by Crippen LogP contribution is 2.39. The molecule has 2 aromatic heterocycles. The number of pyridine rings is 1. The quantitative estimate of drug-likeness (QED) is 0.940. The topological polar surface area (TPSA) is 54.9 Å². The highest BCUT2D eigenvalue weighted by Gasteiger charge is 2.39. The highest BCUT2D eigenvalue weighted by atomic mass is 32.1. The lowest BCUT2D eigenvalue weighted by Crippen LogP contribution is -2.44. The summed E-state index contributed by atoms with van der Waals surface area (Å²) in [5, 5.41) is 6.24. The third kappa shape index (κ3) is 2.72. The summed E-state index contributed by atoms with van der Waals surface area (Å²) in [5.74, 6) is 0.0510. The maximum Gasteiger partial charge on any atom is 0.225 e. The molecule has 1 N–H and O–H groups in total. The van der Waals surface area contributed by atoms with Crippen molar-refractivity contribution >= 4 is 17.2 Å². The van der Waals surface area contributed by atoms with E-state index >= 15 is 0 Å². The molecular formula is C15H17N3OS. The Morgan fingerprint density at radius 3 is 2.85 bits per heavy atom. The Morgan fingerprint density at radius 1 is 1.35 bits per heavy atom. The van der Waals surface area contributed by atoms with Crippen LogP contribution in [0.3, 0.4) is 0 Å². The van der Waals surface area contributed by atoms with Gasteiger partial charge in [-0.1, -0.05) is 18.9 Å². The molecule has 0 saturated heterocycles. The van der Waals surface area contributed by atoms with Crippen LogP contribution in [0.15, 0.2) is 36.1 Å². The van der Waals surface area contributed by atoms with E-state index in [9.17, 15) is 4.79 Å². The van der Waals surface area contributed by atoms with Gasteiger partial charge >= 0.3 is 0 Å². The average molecular weight is 287 g/mol. The van der Waals surface area contributed by atoms with Crippen LogP contribution in [0.5, 0.6) is 0 Å². The SMILES string of the molecule is O=C(Cc1cccnc1)NC1(c2nccs2)CCCC1. The zero-order valence-corrected chi connectivity index (χ0v) is 12.0. The molecule has 1 fully saturated rings. The first-order valence-corrected chi connectivity index (χ1v) is 7.76. The van der Waals surface area contributed by atoms with Crippen molar-refractivity contribution in [3.8, 4) is 0 Å². The van der Waals surface area contributed by atoms with Crippen LogP contribution in [0, 0.1) is 0 Å². The smallest absolute Gasteiger partial charge is 0.225 e. The molecule has 104 valence electrons. The number of nitrogens with zero attached hydrogens (tertiary/aromatic N) is 2. The second kappa shape index (κ2) is 5.71.